The fourth-order valence-corrected chi connectivity index (χ4v) is 4.06. The molecule has 2 aromatic heterocycles. The van der Waals surface area contributed by atoms with Gasteiger partial charge in [0.1, 0.15) is 0 Å². The van der Waals surface area contributed by atoms with Crippen LogP contribution in [0.3, 0.4) is 0 Å². The Balaban J connectivity index is 1.99. The minimum absolute atomic E-state index is 0.0346. The van der Waals surface area contributed by atoms with E-state index in [0.717, 1.165) is 6.20 Å². The van der Waals surface area contributed by atoms with Gasteiger partial charge in [-0.15, -0.1) is 11.3 Å². The molecule has 3 heterocycles. The van der Waals surface area contributed by atoms with Crippen molar-refractivity contribution in [3.05, 3.63) is 69.3 Å². The van der Waals surface area contributed by atoms with Gasteiger partial charge >= 0.3 is 0 Å². The molecule has 1 amide bonds. The standard InChI is InChI=1S/C19H14ClF2N5OS/c1-27-17(28)19(26-18(27)23,13-3-11(16(21)22)6-24-7-13)12-2-10(4-14(20)5-12)15-8-29-9-25-15/h2-9,16H,1H3,(H2,23,26). The molecule has 0 bridgehead atoms. The summed E-state index contributed by atoms with van der Waals surface area (Å²) in [7, 11) is 1.47. The number of hydrogen-bond donors (Lipinski definition) is 1. The third-order valence-electron chi connectivity index (χ3n) is 4.71. The summed E-state index contributed by atoms with van der Waals surface area (Å²) in [4.78, 5) is 27.0. The number of carbonyl (C=O) groups excluding carboxylic acids is 1. The van der Waals surface area contributed by atoms with Crippen molar-refractivity contribution in [3.8, 4) is 11.3 Å². The number of aliphatic imine (C=N–C) groups is 1. The summed E-state index contributed by atoms with van der Waals surface area (Å²) in [6.07, 6.45) is -0.361. The van der Waals surface area contributed by atoms with Gasteiger partial charge in [0.2, 0.25) is 0 Å². The van der Waals surface area contributed by atoms with E-state index >= 15 is 0 Å². The van der Waals surface area contributed by atoms with E-state index in [4.69, 9.17) is 17.3 Å². The number of alkyl halides is 2. The van der Waals surface area contributed by atoms with Crippen molar-refractivity contribution in [2.24, 2.45) is 10.7 Å². The topological polar surface area (TPSA) is 84.5 Å². The Bertz CT molecular complexity index is 1120. The summed E-state index contributed by atoms with van der Waals surface area (Å²) in [6, 6.07) is 6.21. The second kappa shape index (κ2) is 7.16. The second-order valence-corrected chi connectivity index (χ2v) is 7.61. The molecular formula is C19H14ClF2N5OS. The smallest absolute Gasteiger partial charge is 0.266 e. The summed E-state index contributed by atoms with van der Waals surface area (Å²) in [5, 5.41) is 2.18. The summed E-state index contributed by atoms with van der Waals surface area (Å²) in [5.41, 5.74) is 7.52. The van der Waals surface area contributed by atoms with E-state index in [1.807, 2.05) is 5.38 Å². The van der Waals surface area contributed by atoms with Gasteiger partial charge in [-0.05, 0) is 29.8 Å². The van der Waals surface area contributed by atoms with Crippen LogP contribution in [-0.2, 0) is 10.3 Å². The van der Waals surface area contributed by atoms with E-state index in [9.17, 15) is 13.6 Å². The molecule has 1 aliphatic heterocycles. The molecule has 0 radical (unpaired) electrons. The minimum atomic E-state index is -2.75. The number of aromatic nitrogens is 2. The van der Waals surface area contributed by atoms with Gasteiger partial charge in [-0.1, -0.05) is 11.6 Å². The molecule has 1 aromatic carbocycles. The lowest BCUT2D eigenvalue weighted by molar-refractivity contribution is -0.129. The molecule has 29 heavy (non-hydrogen) atoms. The van der Waals surface area contributed by atoms with Crippen molar-refractivity contribution in [1.82, 2.24) is 14.9 Å². The van der Waals surface area contributed by atoms with E-state index < -0.39 is 17.9 Å². The highest BCUT2D eigenvalue weighted by Crippen LogP contribution is 2.42. The Morgan fingerprint density at radius 2 is 2.00 bits per heavy atom. The van der Waals surface area contributed by atoms with Crippen molar-refractivity contribution in [2.45, 2.75) is 12.0 Å². The van der Waals surface area contributed by atoms with Crippen molar-refractivity contribution in [1.29, 1.82) is 0 Å². The minimum Gasteiger partial charge on any atom is -0.369 e. The maximum absolute atomic E-state index is 13.3. The molecular weight excluding hydrogens is 420 g/mol. The molecule has 6 nitrogen and oxygen atoms in total. The average Bonchev–Trinajstić information content (AvgIpc) is 3.32. The van der Waals surface area contributed by atoms with Crippen LogP contribution in [-0.4, -0.2) is 33.8 Å². The van der Waals surface area contributed by atoms with Crippen LogP contribution in [0.1, 0.15) is 23.1 Å². The van der Waals surface area contributed by atoms with E-state index in [2.05, 4.69) is 15.0 Å². The molecule has 1 atom stereocenters. The van der Waals surface area contributed by atoms with Gasteiger partial charge in [-0.3, -0.25) is 14.7 Å². The van der Waals surface area contributed by atoms with E-state index in [1.54, 1.807) is 23.7 Å². The first-order chi connectivity index (χ1) is 13.8. The second-order valence-electron chi connectivity index (χ2n) is 6.45. The Kier molecular flexibility index (Phi) is 4.79. The number of carbonyl (C=O) groups is 1. The SMILES string of the molecule is CN1C(=O)C(c2cc(Cl)cc(-c3cscn3)c2)(c2cncc(C(F)F)c2)N=C1N. The normalized spacial score (nSPS) is 19.1. The van der Waals surface area contributed by atoms with Gasteiger partial charge in [0.25, 0.3) is 12.3 Å². The van der Waals surface area contributed by atoms with Crippen molar-refractivity contribution in [3.63, 3.8) is 0 Å². The molecule has 0 fully saturated rings. The maximum atomic E-state index is 13.3. The zero-order chi connectivity index (χ0) is 20.8. The van der Waals surface area contributed by atoms with Crippen LogP contribution in [0.2, 0.25) is 5.02 Å². The highest BCUT2D eigenvalue weighted by Gasteiger charge is 2.50. The summed E-state index contributed by atoms with van der Waals surface area (Å²) < 4.78 is 26.6. The number of hydrogen-bond acceptors (Lipinski definition) is 6. The van der Waals surface area contributed by atoms with Crippen LogP contribution in [0.5, 0.6) is 0 Å². The van der Waals surface area contributed by atoms with E-state index in [-0.39, 0.29) is 17.1 Å². The molecule has 4 rings (SSSR count). The number of likely N-dealkylation sites (N-methyl/N-ethyl adjacent to an activating group) is 1. The molecule has 0 aliphatic carbocycles. The molecule has 148 valence electrons. The third-order valence-corrected chi connectivity index (χ3v) is 5.52. The van der Waals surface area contributed by atoms with E-state index in [1.165, 1.54) is 35.5 Å². The Labute approximate surface area is 173 Å². The lowest BCUT2D eigenvalue weighted by Gasteiger charge is -2.26. The third kappa shape index (κ3) is 3.16. The quantitative estimate of drug-likeness (QED) is 0.677. The van der Waals surface area contributed by atoms with Crippen molar-refractivity contribution < 1.29 is 13.6 Å². The number of rotatable bonds is 4. The Morgan fingerprint density at radius 1 is 1.21 bits per heavy atom. The number of halogens is 3. The van der Waals surface area contributed by atoms with Gasteiger partial charge in [0, 0.05) is 46.5 Å². The Hall–Kier alpha value is -2.91. The molecule has 2 N–H and O–H groups in total. The lowest BCUT2D eigenvalue weighted by atomic mass is 9.82. The molecule has 0 saturated heterocycles. The summed E-state index contributed by atoms with van der Waals surface area (Å²) >= 11 is 7.74. The van der Waals surface area contributed by atoms with Crippen LogP contribution in [0, 0.1) is 0 Å². The zero-order valence-electron chi connectivity index (χ0n) is 15.0. The first-order valence-corrected chi connectivity index (χ1v) is 9.71. The number of benzene rings is 1. The van der Waals surface area contributed by atoms with Crippen molar-refractivity contribution >= 4 is 34.8 Å². The molecule has 0 saturated carbocycles. The number of nitrogens with two attached hydrogens (primary N) is 1. The van der Waals surface area contributed by atoms with Gasteiger partial charge < -0.3 is 5.73 Å². The first kappa shape index (κ1) is 19.4. The average molecular weight is 434 g/mol. The molecule has 0 spiro atoms. The van der Waals surface area contributed by atoms with Gasteiger partial charge in [0.05, 0.1) is 11.2 Å². The number of amides is 1. The van der Waals surface area contributed by atoms with Crippen LogP contribution in [0.15, 0.2) is 52.5 Å². The van der Waals surface area contributed by atoms with Crippen LogP contribution >= 0.6 is 22.9 Å². The van der Waals surface area contributed by atoms with Crippen LogP contribution in [0.25, 0.3) is 11.3 Å². The highest BCUT2D eigenvalue weighted by molar-refractivity contribution is 7.07. The van der Waals surface area contributed by atoms with Crippen LogP contribution in [0.4, 0.5) is 8.78 Å². The zero-order valence-corrected chi connectivity index (χ0v) is 16.6. The predicted molar refractivity (Wildman–Crippen MR) is 107 cm³/mol. The summed E-state index contributed by atoms with van der Waals surface area (Å²) in [5.74, 6) is -0.526. The van der Waals surface area contributed by atoms with Gasteiger partial charge in [-0.25, -0.2) is 18.8 Å². The number of nitrogens with zero attached hydrogens (tertiary/aromatic N) is 4. The Morgan fingerprint density at radius 3 is 2.62 bits per heavy atom. The largest absolute Gasteiger partial charge is 0.369 e. The fraction of sp³-hybridized carbons (Fsp3) is 0.158. The highest BCUT2D eigenvalue weighted by atomic mass is 35.5. The lowest BCUT2D eigenvalue weighted by Crippen LogP contribution is -2.41. The van der Waals surface area contributed by atoms with Gasteiger partial charge in [-0.2, -0.15) is 0 Å². The summed E-state index contributed by atoms with van der Waals surface area (Å²) in [6.45, 7) is 0. The monoisotopic (exact) mass is 433 g/mol. The van der Waals surface area contributed by atoms with Gasteiger partial charge in [0.15, 0.2) is 11.5 Å². The molecule has 3 aromatic rings. The molecule has 1 unspecified atom stereocenters. The molecule has 1 aliphatic rings. The number of thiazole rings is 1. The first-order valence-electron chi connectivity index (χ1n) is 8.39. The number of guanidine groups is 1. The maximum Gasteiger partial charge on any atom is 0.266 e. The fourth-order valence-electron chi connectivity index (χ4n) is 3.26. The molecule has 10 heteroatoms. The number of pyridine rings is 1. The van der Waals surface area contributed by atoms with Crippen molar-refractivity contribution in [2.75, 3.05) is 7.05 Å². The van der Waals surface area contributed by atoms with E-state index in [0.29, 0.717) is 21.8 Å². The van der Waals surface area contributed by atoms with Crippen LogP contribution < -0.4 is 5.73 Å². The predicted octanol–water partition coefficient (Wildman–Crippen LogP) is 3.83.